The van der Waals surface area contributed by atoms with Crippen LogP contribution in [0.5, 0.6) is 0 Å². The van der Waals surface area contributed by atoms with Gasteiger partial charge in [-0.1, -0.05) is 36.2 Å². The van der Waals surface area contributed by atoms with Crippen LogP contribution in [0, 0.1) is 6.92 Å². The summed E-state index contributed by atoms with van der Waals surface area (Å²) < 4.78 is 5.09. The highest BCUT2D eigenvalue weighted by molar-refractivity contribution is 6.53. The van der Waals surface area contributed by atoms with Crippen molar-refractivity contribution in [2.45, 2.75) is 20.3 Å². The second-order valence-electron chi connectivity index (χ2n) is 8.44. The molecule has 0 unspecified atom stereocenters. The van der Waals surface area contributed by atoms with Crippen molar-refractivity contribution in [2.24, 2.45) is 0 Å². The van der Waals surface area contributed by atoms with Gasteiger partial charge in [-0.05, 0) is 79.6 Å². The van der Waals surface area contributed by atoms with Gasteiger partial charge in [0, 0.05) is 22.0 Å². The highest BCUT2D eigenvalue weighted by Gasteiger charge is 2.39. The van der Waals surface area contributed by atoms with Gasteiger partial charge in [0.1, 0.15) is 10.7 Å². The Hall–Kier alpha value is -4.14. The number of hydrogen-bond acceptors (Lipinski definition) is 6. The molecule has 2 N–H and O–H groups in total. The van der Waals surface area contributed by atoms with Crippen molar-refractivity contribution >= 4 is 64.0 Å². The molecule has 1 aliphatic rings. The van der Waals surface area contributed by atoms with Crippen LogP contribution in [0.4, 0.5) is 17.1 Å². The van der Waals surface area contributed by atoms with Crippen LogP contribution in [-0.2, 0) is 14.3 Å². The first-order valence-electron chi connectivity index (χ1n) is 11.7. The normalized spacial score (nSPS) is 13.1. The van der Waals surface area contributed by atoms with E-state index < -0.39 is 17.8 Å². The van der Waals surface area contributed by atoms with Crippen molar-refractivity contribution in [1.82, 2.24) is 0 Å². The zero-order valence-corrected chi connectivity index (χ0v) is 22.0. The molecule has 8 nitrogen and oxygen atoms in total. The molecule has 0 spiro atoms. The second kappa shape index (κ2) is 11.5. The molecule has 0 aromatic heterocycles. The zero-order chi connectivity index (χ0) is 27.4. The lowest BCUT2D eigenvalue weighted by atomic mass is 10.1. The third-order valence-electron chi connectivity index (χ3n) is 5.67. The van der Waals surface area contributed by atoms with Gasteiger partial charge < -0.3 is 15.4 Å². The Kier molecular flexibility index (Phi) is 8.14. The van der Waals surface area contributed by atoms with Gasteiger partial charge in [0.15, 0.2) is 0 Å². The number of carbonyl (C=O) groups is 4. The van der Waals surface area contributed by atoms with Crippen LogP contribution in [0.3, 0.4) is 0 Å². The molecule has 38 heavy (non-hydrogen) atoms. The van der Waals surface area contributed by atoms with E-state index in [0.717, 1.165) is 11.3 Å². The minimum atomic E-state index is -0.662. The van der Waals surface area contributed by atoms with Gasteiger partial charge in [-0.2, -0.15) is 0 Å². The number of anilines is 3. The van der Waals surface area contributed by atoms with Crippen molar-refractivity contribution in [2.75, 3.05) is 22.1 Å². The molecule has 0 radical (unpaired) electrons. The highest BCUT2D eigenvalue weighted by atomic mass is 35.5. The van der Waals surface area contributed by atoms with E-state index in [2.05, 4.69) is 10.6 Å². The molecule has 0 bridgehead atoms. The molecule has 1 aliphatic heterocycles. The van der Waals surface area contributed by atoms with Crippen LogP contribution < -0.4 is 15.5 Å². The number of benzene rings is 3. The fraction of sp³-hybridized carbons (Fsp3) is 0.143. The average molecular weight is 552 g/mol. The Labute approximate surface area is 229 Å². The number of carbonyl (C=O) groups excluding carboxylic acids is 4. The molecular formula is C28H23Cl2N3O5. The van der Waals surface area contributed by atoms with Crippen molar-refractivity contribution in [3.8, 4) is 0 Å². The molecule has 3 aromatic carbocycles. The number of halogens is 2. The Morgan fingerprint density at radius 3 is 2.16 bits per heavy atom. The quantitative estimate of drug-likeness (QED) is 0.266. The first-order valence-corrected chi connectivity index (χ1v) is 12.5. The van der Waals surface area contributed by atoms with Crippen molar-refractivity contribution in [3.05, 3.63) is 99.2 Å². The Bertz CT molecular complexity index is 1450. The van der Waals surface area contributed by atoms with E-state index in [4.69, 9.17) is 27.9 Å². The molecular weight excluding hydrogens is 529 g/mol. The average Bonchev–Trinajstić information content (AvgIpc) is 3.12. The minimum Gasteiger partial charge on any atom is -0.462 e. The van der Waals surface area contributed by atoms with E-state index in [-0.39, 0.29) is 16.6 Å². The summed E-state index contributed by atoms with van der Waals surface area (Å²) in [6, 6.07) is 17.6. The highest BCUT2D eigenvalue weighted by Crippen LogP contribution is 2.33. The van der Waals surface area contributed by atoms with E-state index in [1.54, 1.807) is 67.6 Å². The lowest BCUT2D eigenvalue weighted by Gasteiger charge is -2.17. The fourth-order valence-electron chi connectivity index (χ4n) is 3.67. The largest absolute Gasteiger partial charge is 0.462 e. The summed E-state index contributed by atoms with van der Waals surface area (Å²) in [6.07, 6.45) is 0.731. The molecule has 10 heteroatoms. The Morgan fingerprint density at radius 1 is 0.868 bits per heavy atom. The third kappa shape index (κ3) is 5.72. The van der Waals surface area contributed by atoms with Crippen molar-refractivity contribution in [3.63, 3.8) is 0 Å². The molecule has 3 amide bonds. The summed E-state index contributed by atoms with van der Waals surface area (Å²) in [7, 11) is 0. The van der Waals surface area contributed by atoms with Crippen LogP contribution in [0.1, 0.15) is 39.6 Å². The van der Waals surface area contributed by atoms with E-state index in [1.807, 2.05) is 6.92 Å². The van der Waals surface area contributed by atoms with E-state index >= 15 is 0 Å². The van der Waals surface area contributed by atoms with Gasteiger partial charge in [-0.15, -0.1) is 0 Å². The maximum Gasteiger partial charge on any atom is 0.338 e. The first kappa shape index (κ1) is 26.9. The summed E-state index contributed by atoms with van der Waals surface area (Å²) in [5.41, 5.74) is 2.66. The van der Waals surface area contributed by atoms with Gasteiger partial charge in [-0.3, -0.25) is 14.4 Å². The second-order valence-corrected chi connectivity index (χ2v) is 9.25. The van der Waals surface area contributed by atoms with Gasteiger partial charge in [-0.25, -0.2) is 9.69 Å². The number of imide groups is 1. The van der Waals surface area contributed by atoms with Crippen LogP contribution in [0.15, 0.2) is 77.5 Å². The van der Waals surface area contributed by atoms with E-state index in [9.17, 15) is 19.2 Å². The molecule has 3 aromatic rings. The molecule has 0 saturated heterocycles. The number of nitrogens with one attached hydrogen (secondary N) is 2. The van der Waals surface area contributed by atoms with Crippen LogP contribution in [0.2, 0.25) is 5.02 Å². The first-order chi connectivity index (χ1) is 18.2. The zero-order valence-electron chi connectivity index (χ0n) is 20.5. The minimum absolute atomic E-state index is 0.0780. The SMILES string of the molecule is CCCOC(=O)c1ccc(NC(=O)c2ccc(NC3=C(Cl)C(=O)N(c4cc(Cl)ccc4C)C3=O)cc2)cc1. The number of ether oxygens (including phenoxy) is 1. The van der Waals surface area contributed by atoms with E-state index in [0.29, 0.717) is 45.4 Å². The Balaban J connectivity index is 1.42. The van der Waals surface area contributed by atoms with Crippen molar-refractivity contribution < 1.29 is 23.9 Å². The van der Waals surface area contributed by atoms with Gasteiger partial charge in [0.05, 0.1) is 17.9 Å². The van der Waals surface area contributed by atoms with Gasteiger partial charge >= 0.3 is 5.97 Å². The predicted molar refractivity (Wildman–Crippen MR) is 147 cm³/mol. The number of aryl methyl sites for hydroxylation is 1. The summed E-state index contributed by atoms with van der Waals surface area (Å²) >= 11 is 12.3. The standard InChI is InChI=1S/C28H23Cl2N3O5/c1-3-14-38-28(37)18-7-12-21(13-8-18)32-25(34)17-5-10-20(11-6-17)31-24-23(30)26(35)33(27(24)36)22-15-19(29)9-4-16(22)2/h4-13,15,31H,3,14H2,1-2H3,(H,32,34). The predicted octanol–water partition coefficient (Wildman–Crippen LogP) is 5.90. The topological polar surface area (TPSA) is 105 Å². The van der Waals surface area contributed by atoms with Crippen molar-refractivity contribution in [1.29, 1.82) is 0 Å². The molecule has 0 fully saturated rings. The smallest absolute Gasteiger partial charge is 0.338 e. The number of esters is 1. The lowest BCUT2D eigenvalue weighted by Crippen LogP contribution is -2.32. The molecule has 1 heterocycles. The number of hydrogen-bond donors (Lipinski definition) is 2. The van der Waals surface area contributed by atoms with Gasteiger partial charge in [0.25, 0.3) is 17.7 Å². The number of nitrogens with zero attached hydrogens (tertiary/aromatic N) is 1. The summed E-state index contributed by atoms with van der Waals surface area (Å²) in [4.78, 5) is 51.4. The summed E-state index contributed by atoms with van der Waals surface area (Å²) in [5.74, 6) is -2.07. The molecule has 0 aliphatic carbocycles. The number of rotatable bonds is 8. The fourth-order valence-corrected chi connectivity index (χ4v) is 4.05. The molecule has 4 rings (SSSR count). The third-order valence-corrected chi connectivity index (χ3v) is 6.26. The van der Waals surface area contributed by atoms with E-state index in [1.165, 1.54) is 6.07 Å². The lowest BCUT2D eigenvalue weighted by molar-refractivity contribution is -0.120. The van der Waals surface area contributed by atoms with Crippen LogP contribution in [-0.4, -0.2) is 30.3 Å². The van der Waals surface area contributed by atoms with Gasteiger partial charge in [0.2, 0.25) is 0 Å². The summed E-state index contributed by atoms with van der Waals surface area (Å²) in [5, 5.41) is 5.76. The number of amides is 3. The maximum atomic E-state index is 13.1. The molecule has 0 saturated carbocycles. The molecule has 194 valence electrons. The summed E-state index contributed by atoms with van der Waals surface area (Å²) in [6.45, 7) is 4.01. The monoisotopic (exact) mass is 551 g/mol. The maximum absolute atomic E-state index is 13.1. The van der Waals surface area contributed by atoms with Crippen LogP contribution >= 0.6 is 23.2 Å². The van der Waals surface area contributed by atoms with Crippen LogP contribution in [0.25, 0.3) is 0 Å². The Morgan fingerprint density at radius 2 is 1.50 bits per heavy atom. The molecule has 0 atom stereocenters.